The zero-order valence-electron chi connectivity index (χ0n) is 19.7. The fraction of sp³-hybridized carbons (Fsp3) is 0.259. The van der Waals surface area contributed by atoms with Crippen molar-refractivity contribution in [1.82, 2.24) is 4.98 Å². The number of hydrogen-bond acceptors (Lipinski definition) is 6. The number of ketones is 1. The van der Waals surface area contributed by atoms with Crippen LogP contribution in [0, 0.1) is 25.2 Å². The molecule has 0 aliphatic carbocycles. The van der Waals surface area contributed by atoms with Crippen LogP contribution in [0.25, 0.3) is 0 Å². The summed E-state index contributed by atoms with van der Waals surface area (Å²) in [6.07, 6.45) is 0. The van der Waals surface area contributed by atoms with Crippen molar-refractivity contribution in [1.29, 1.82) is 5.26 Å². The van der Waals surface area contributed by atoms with Crippen molar-refractivity contribution >= 4 is 28.7 Å². The molecule has 0 saturated heterocycles. The fourth-order valence-corrected chi connectivity index (χ4v) is 5.02. The second-order valence-electron chi connectivity index (χ2n) is 9.35. The van der Waals surface area contributed by atoms with E-state index in [-0.39, 0.29) is 11.0 Å². The quantitative estimate of drug-likeness (QED) is 0.492. The first-order chi connectivity index (χ1) is 16.0. The van der Waals surface area contributed by atoms with Gasteiger partial charge in [-0.2, -0.15) is 5.26 Å². The highest BCUT2D eigenvalue weighted by Crippen LogP contribution is 2.43. The van der Waals surface area contributed by atoms with Crippen LogP contribution >= 0.6 is 11.3 Å². The number of nitriles is 1. The van der Waals surface area contributed by atoms with Crippen molar-refractivity contribution < 1.29 is 14.7 Å². The fourth-order valence-electron chi connectivity index (χ4n) is 4.15. The van der Waals surface area contributed by atoms with Crippen molar-refractivity contribution in [2.45, 2.75) is 46.1 Å². The number of rotatable bonds is 4. The van der Waals surface area contributed by atoms with E-state index in [1.165, 1.54) is 16.2 Å². The number of Topliss-reactive ketones (excluding diaryl/α,β-unsaturated/α-hetero) is 1. The van der Waals surface area contributed by atoms with Crippen molar-refractivity contribution in [3.63, 3.8) is 0 Å². The van der Waals surface area contributed by atoms with E-state index in [4.69, 9.17) is 5.26 Å². The molecule has 1 aliphatic heterocycles. The van der Waals surface area contributed by atoms with Crippen LogP contribution < -0.4 is 4.90 Å². The van der Waals surface area contributed by atoms with Crippen LogP contribution in [0.2, 0.25) is 0 Å². The smallest absolute Gasteiger partial charge is 0.294 e. The lowest BCUT2D eigenvalue weighted by Gasteiger charge is -2.28. The number of aryl methyl sites for hydroxylation is 2. The van der Waals surface area contributed by atoms with Gasteiger partial charge in [-0.15, -0.1) is 11.3 Å². The van der Waals surface area contributed by atoms with Crippen molar-refractivity contribution in [2.24, 2.45) is 0 Å². The Hall–Kier alpha value is -3.76. The Labute approximate surface area is 202 Å². The molecule has 6 nitrogen and oxygen atoms in total. The van der Waals surface area contributed by atoms with Crippen LogP contribution in [0.15, 0.2) is 59.9 Å². The Morgan fingerprint density at radius 3 is 2.21 bits per heavy atom. The molecule has 0 radical (unpaired) electrons. The zero-order valence-corrected chi connectivity index (χ0v) is 20.5. The van der Waals surface area contributed by atoms with Gasteiger partial charge in [0.2, 0.25) is 5.78 Å². The molecule has 2 aromatic carbocycles. The van der Waals surface area contributed by atoms with Crippen LogP contribution in [0.3, 0.4) is 0 Å². The third kappa shape index (κ3) is 4.02. The molecule has 0 fully saturated rings. The van der Waals surface area contributed by atoms with E-state index in [2.05, 4.69) is 31.8 Å². The molecule has 172 valence electrons. The number of carbonyl (C=O) groups excluding carboxylic acids is 2. The summed E-state index contributed by atoms with van der Waals surface area (Å²) in [6, 6.07) is 15.5. The highest BCUT2D eigenvalue weighted by Gasteiger charge is 2.45. The maximum atomic E-state index is 13.7. The molecule has 0 saturated carbocycles. The summed E-state index contributed by atoms with van der Waals surface area (Å²) in [5, 5.41) is 20.8. The SMILES string of the molecule is Cc1nc(C)c(C(=O)C2=C(O)C(=O)N(c3ccc(C#N)cc3)C2c2ccc(C(C)(C)C)cc2)s1. The molecule has 34 heavy (non-hydrogen) atoms. The van der Waals surface area contributed by atoms with Crippen LogP contribution in [0.1, 0.15) is 63.9 Å². The first kappa shape index (κ1) is 23.4. The van der Waals surface area contributed by atoms with Gasteiger partial charge in [0.15, 0.2) is 5.76 Å². The first-order valence-electron chi connectivity index (χ1n) is 10.9. The number of thiazole rings is 1. The average Bonchev–Trinajstić information content (AvgIpc) is 3.28. The van der Waals surface area contributed by atoms with E-state index in [0.29, 0.717) is 27.4 Å². The highest BCUT2D eigenvalue weighted by atomic mass is 32.1. The molecule has 0 bridgehead atoms. The Morgan fingerprint density at radius 2 is 1.71 bits per heavy atom. The number of aliphatic hydroxyl groups is 1. The predicted octanol–water partition coefficient (Wildman–Crippen LogP) is 5.71. The largest absolute Gasteiger partial charge is 0.503 e. The summed E-state index contributed by atoms with van der Waals surface area (Å²) in [4.78, 5) is 33.1. The van der Waals surface area contributed by atoms with Gasteiger partial charge in [-0.25, -0.2) is 4.98 Å². The Kier molecular flexibility index (Phi) is 5.88. The standard InChI is InChI=1S/C27H25N3O3S/c1-15-25(34-16(2)29-15)23(31)21-22(18-8-10-19(11-9-18)27(3,4)5)30(26(33)24(21)32)20-12-6-17(14-28)7-13-20/h6-13,22,32H,1-5H3. The maximum absolute atomic E-state index is 13.7. The van der Waals surface area contributed by atoms with Crippen molar-refractivity contribution in [3.8, 4) is 6.07 Å². The van der Waals surface area contributed by atoms with Crippen molar-refractivity contribution in [2.75, 3.05) is 4.90 Å². The van der Waals surface area contributed by atoms with Crippen LogP contribution in [0.5, 0.6) is 0 Å². The molecule has 1 aliphatic rings. The molecular formula is C27H25N3O3S. The molecule has 0 spiro atoms. The molecular weight excluding hydrogens is 446 g/mol. The third-order valence-electron chi connectivity index (χ3n) is 5.93. The van der Waals surface area contributed by atoms with Gasteiger partial charge in [0, 0.05) is 5.69 Å². The number of benzene rings is 2. The lowest BCUT2D eigenvalue weighted by Crippen LogP contribution is -2.31. The Bertz CT molecular complexity index is 1350. The second kappa shape index (κ2) is 8.54. The van der Waals surface area contributed by atoms with E-state index in [9.17, 15) is 14.7 Å². The number of carbonyl (C=O) groups is 2. The summed E-state index contributed by atoms with van der Waals surface area (Å²) in [5.41, 5.74) is 3.29. The molecule has 1 amide bonds. The number of aliphatic hydroxyl groups excluding tert-OH is 1. The minimum absolute atomic E-state index is 0.0321. The number of amides is 1. The molecule has 1 unspecified atom stereocenters. The van der Waals surface area contributed by atoms with Gasteiger partial charge >= 0.3 is 0 Å². The summed E-state index contributed by atoms with van der Waals surface area (Å²) in [7, 11) is 0. The summed E-state index contributed by atoms with van der Waals surface area (Å²) in [5.74, 6) is -1.63. The third-order valence-corrected chi connectivity index (χ3v) is 7.00. The Balaban J connectivity index is 1.88. The molecule has 2 heterocycles. The molecule has 4 rings (SSSR count). The van der Waals surface area contributed by atoms with E-state index in [0.717, 1.165) is 10.6 Å². The number of nitrogens with zero attached hydrogens (tertiary/aromatic N) is 3. The van der Waals surface area contributed by atoms with Gasteiger partial charge in [-0.1, -0.05) is 45.0 Å². The molecule has 7 heteroatoms. The minimum Gasteiger partial charge on any atom is -0.503 e. The normalized spacial score (nSPS) is 16.2. The monoisotopic (exact) mass is 471 g/mol. The van der Waals surface area contributed by atoms with Gasteiger partial charge in [0.05, 0.1) is 38.8 Å². The Morgan fingerprint density at radius 1 is 1.09 bits per heavy atom. The lowest BCUT2D eigenvalue weighted by atomic mass is 9.85. The topological polar surface area (TPSA) is 94.3 Å². The summed E-state index contributed by atoms with van der Waals surface area (Å²) in [6.45, 7) is 9.89. The maximum Gasteiger partial charge on any atom is 0.294 e. The predicted molar refractivity (Wildman–Crippen MR) is 132 cm³/mol. The average molecular weight is 472 g/mol. The molecule has 1 aromatic heterocycles. The van der Waals surface area contributed by atoms with E-state index >= 15 is 0 Å². The number of anilines is 1. The number of hydrogen-bond donors (Lipinski definition) is 1. The summed E-state index contributed by atoms with van der Waals surface area (Å²) >= 11 is 1.25. The van der Waals surface area contributed by atoms with Crippen LogP contribution in [0.4, 0.5) is 5.69 Å². The number of aromatic nitrogens is 1. The highest BCUT2D eigenvalue weighted by molar-refractivity contribution is 7.14. The van der Waals surface area contributed by atoms with Gasteiger partial charge in [0.25, 0.3) is 5.91 Å². The van der Waals surface area contributed by atoms with Gasteiger partial charge in [-0.3, -0.25) is 14.5 Å². The minimum atomic E-state index is -0.816. The van der Waals surface area contributed by atoms with Gasteiger partial charge in [-0.05, 0) is 54.7 Å². The van der Waals surface area contributed by atoms with Gasteiger partial charge in [0.1, 0.15) is 0 Å². The molecule has 1 N–H and O–H groups in total. The van der Waals surface area contributed by atoms with Crippen LogP contribution in [-0.4, -0.2) is 21.8 Å². The lowest BCUT2D eigenvalue weighted by molar-refractivity contribution is -0.117. The van der Waals surface area contributed by atoms with E-state index in [1.807, 2.05) is 31.2 Å². The van der Waals surface area contributed by atoms with Crippen LogP contribution in [-0.2, 0) is 10.2 Å². The zero-order chi connectivity index (χ0) is 24.8. The van der Waals surface area contributed by atoms with E-state index < -0.39 is 23.5 Å². The van der Waals surface area contributed by atoms with E-state index in [1.54, 1.807) is 31.2 Å². The summed E-state index contributed by atoms with van der Waals surface area (Å²) < 4.78 is 0. The van der Waals surface area contributed by atoms with Crippen molar-refractivity contribution in [3.05, 3.63) is 92.1 Å². The van der Waals surface area contributed by atoms with Gasteiger partial charge < -0.3 is 5.11 Å². The second-order valence-corrected chi connectivity index (χ2v) is 10.6. The molecule has 1 atom stereocenters. The first-order valence-corrected chi connectivity index (χ1v) is 11.7. The molecule has 3 aromatic rings.